The van der Waals surface area contributed by atoms with Gasteiger partial charge in [-0.15, -0.1) is 11.3 Å². The van der Waals surface area contributed by atoms with Crippen molar-refractivity contribution in [2.75, 3.05) is 45.9 Å². The van der Waals surface area contributed by atoms with E-state index in [-0.39, 0.29) is 25.0 Å². The molecule has 1 aromatic heterocycles. The van der Waals surface area contributed by atoms with Crippen molar-refractivity contribution in [1.29, 1.82) is 0 Å². The molecule has 0 radical (unpaired) electrons. The number of thiazole rings is 1. The van der Waals surface area contributed by atoms with E-state index in [0.29, 0.717) is 25.4 Å². The van der Waals surface area contributed by atoms with E-state index in [1.807, 2.05) is 30.0 Å². The van der Waals surface area contributed by atoms with Crippen molar-refractivity contribution in [3.63, 3.8) is 0 Å². The fourth-order valence-corrected chi connectivity index (χ4v) is 5.86. The van der Waals surface area contributed by atoms with Gasteiger partial charge in [0.25, 0.3) is 0 Å². The zero-order chi connectivity index (χ0) is 24.8. The van der Waals surface area contributed by atoms with Crippen LogP contribution in [0.25, 0.3) is 10.2 Å². The molecule has 2 heterocycles. The average molecular weight is 505 g/mol. The number of rotatable bonds is 10. The van der Waals surface area contributed by atoms with Gasteiger partial charge in [-0.25, -0.2) is 9.78 Å². The smallest absolute Gasteiger partial charge is 0.326 e. The Labute approximate surface area is 210 Å². The molecule has 1 saturated heterocycles. The third kappa shape index (κ3) is 7.36. The first kappa shape index (κ1) is 25.8. The molecule has 1 aromatic carbocycles. The Kier molecular flexibility index (Phi) is 8.94. The summed E-state index contributed by atoms with van der Waals surface area (Å²) in [5, 5.41) is 23.8. The maximum absolute atomic E-state index is 12.5. The van der Waals surface area contributed by atoms with Crippen LogP contribution in [-0.4, -0.2) is 94.9 Å². The average Bonchev–Trinajstić information content (AvgIpc) is 3.22. The van der Waals surface area contributed by atoms with Gasteiger partial charge in [0.1, 0.15) is 24.5 Å². The predicted molar refractivity (Wildman–Crippen MR) is 135 cm³/mol. The van der Waals surface area contributed by atoms with E-state index >= 15 is 0 Å². The van der Waals surface area contributed by atoms with Gasteiger partial charge in [0.15, 0.2) is 0 Å². The van der Waals surface area contributed by atoms with Crippen LogP contribution in [0, 0.1) is 12.8 Å². The number of hydrogen-bond acceptors (Lipinski definition) is 8. The quantitative estimate of drug-likeness (QED) is 0.451. The number of piperazine rings is 1. The number of carbonyl (C=O) groups is 2. The summed E-state index contributed by atoms with van der Waals surface area (Å²) in [4.78, 5) is 32.9. The molecule has 2 aliphatic rings. The largest absolute Gasteiger partial charge is 0.491 e. The highest BCUT2D eigenvalue weighted by Crippen LogP contribution is 2.27. The third-order valence-corrected chi connectivity index (χ3v) is 7.87. The Morgan fingerprint density at radius 3 is 2.60 bits per heavy atom. The number of aryl methyl sites for hydroxylation is 1. The van der Waals surface area contributed by atoms with Crippen molar-refractivity contribution in [2.24, 2.45) is 5.92 Å². The number of ether oxygens (including phenoxy) is 1. The minimum Gasteiger partial charge on any atom is -0.491 e. The molecule has 3 N–H and O–H groups in total. The van der Waals surface area contributed by atoms with Gasteiger partial charge in [-0.3, -0.25) is 14.6 Å². The molecule has 9 nitrogen and oxygen atoms in total. The maximum Gasteiger partial charge on any atom is 0.326 e. The molecule has 1 aliphatic heterocycles. The fourth-order valence-electron chi connectivity index (χ4n) is 5.06. The molecule has 0 unspecified atom stereocenters. The van der Waals surface area contributed by atoms with Crippen molar-refractivity contribution >= 4 is 33.4 Å². The molecule has 1 saturated carbocycles. The highest BCUT2D eigenvalue weighted by molar-refractivity contribution is 7.18. The predicted octanol–water partition coefficient (Wildman–Crippen LogP) is 2.11. The molecule has 1 amide bonds. The van der Waals surface area contributed by atoms with Crippen molar-refractivity contribution in [1.82, 2.24) is 20.1 Å². The number of aliphatic hydroxyl groups is 1. The number of aliphatic hydroxyl groups excluding tert-OH is 1. The van der Waals surface area contributed by atoms with Crippen LogP contribution in [0.3, 0.4) is 0 Å². The molecule has 1 aliphatic carbocycles. The van der Waals surface area contributed by atoms with E-state index in [1.54, 1.807) is 11.3 Å². The fraction of sp³-hybridized carbons (Fsp3) is 0.640. The number of carbonyl (C=O) groups excluding carboxylic acids is 1. The molecule has 35 heavy (non-hydrogen) atoms. The monoisotopic (exact) mass is 504 g/mol. The summed E-state index contributed by atoms with van der Waals surface area (Å²) in [5.41, 5.74) is 0.910. The number of aliphatic carboxylic acids is 1. The number of benzene rings is 1. The minimum absolute atomic E-state index is 0.0262. The van der Waals surface area contributed by atoms with Crippen LogP contribution in [0.1, 0.15) is 37.1 Å². The van der Waals surface area contributed by atoms with Crippen molar-refractivity contribution in [3.05, 3.63) is 23.2 Å². The number of β-amino-alcohol motifs (C(OH)–C–C–N with tert-alkyl or cyclic N) is 1. The standard InChI is InChI=1S/C25H36N4O5S/c1-17-26-21-13-20(7-8-22(21)35-17)34-16-19(30)14-28-9-11-29(12-10-28)15-23(31)27-24(25(32)33)18-5-3-2-4-6-18/h7-8,13,18-19,24,30H,2-6,9-12,14-16H2,1H3,(H,27,31)(H,32,33)/t19-,24+/m1/s1. The summed E-state index contributed by atoms with van der Waals surface area (Å²) in [6, 6.07) is 5.00. The van der Waals surface area contributed by atoms with Gasteiger partial charge in [-0.2, -0.15) is 0 Å². The first-order valence-corrected chi connectivity index (χ1v) is 13.3. The van der Waals surface area contributed by atoms with E-state index in [9.17, 15) is 19.8 Å². The zero-order valence-corrected chi connectivity index (χ0v) is 21.1. The molecule has 0 bridgehead atoms. The van der Waals surface area contributed by atoms with Gasteiger partial charge in [0.05, 0.1) is 21.8 Å². The summed E-state index contributed by atoms with van der Waals surface area (Å²) in [6.45, 7) is 5.75. The summed E-state index contributed by atoms with van der Waals surface area (Å²) < 4.78 is 6.90. The summed E-state index contributed by atoms with van der Waals surface area (Å²) in [5.74, 6) is -0.436. The molecular weight excluding hydrogens is 468 g/mol. The number of fused-ring (bicyclic) bond motifs is 1. The van der Waals surface area contributed by atoms with Crippen molar-refractivity contribution in [3.8, 4) is 5.75 Å². The van der Waals surface area contributed by atoms with E-state index in [1.165, 1.54) is 0 Å². The maximum atomic E-state index is 12.5. The van der Waals surface area contributed by atoms with Crippen molar-refractivity contribution < 1.29 is 24.5 Å². The number of aromatic nitrogens is 1. The van der Waals surface area contributed by atoms with E-state index < -0.39 is 18.1 Å². The van der Waals surface area contributed by atoms with Crippen LogP contribution in [-0.2, 0) is 9.59 Å². The van der Waals surface area contributed by atoms with Gasteiger partial charge in [0.2, 0.25) is 5.91 Å². The van der Waals surface area contributed by atoms with Gasteiger partial charge in [-0.05, 0) is 37.8 Å². The number of nitrogens with one attached hydrogen (secondary N) is 1. The van der Waals surface area contributed by atoms with Crippen LogP contribution in [0.2, 0.25) is 0 Å². The third-order valence-electron chi connectivity index (χ3n) is 6.91. The lowest BCUT2D eigenvalue weighted by Gasteiger charge is -2.35. The first-order chi connectivity index (χ1) is 16.9. The van der Waals surface area contributed by atoms with Gasteiger partial charge >= 0.3 is 5.97 Å². The minimum atomic E-state index is -0.937. The number of amides is 1. The number of hydrogen-bond donors (Lipinski definition) is 3. The second kappa shape index (κ2) is 12.1. The molecular formula is C25H36N4O5S. The Balaban J connectivity index is 1.16. The first-order valence-electron chi connectivity index (χ1n) is 12.5. The lowest BCUT2D eigenvalue weighted by molar-refractivity contribution is -0.144. The molecule has 2 atom stereocenters. The molecule has 2 aromatic rings. The molecule has 10 heteroatoms. The highest BCUT2D eigenvalue weighted by atomic mass is 32.1. The summed E-state index contributed by atoms with van der Waals surface area (Å²) in [7, 11) is 0. The van der Waals surface area contributed by atoms with Crippen LogP contribution < -0.4 is 10.1 Å². The normalized spacial score (nSPS) is 19.9. The lowest BCUT2D eigenvalue weighted by Crippen LogP contribution is -2.53. The zero-order valence-electron chi connectivity index (χ0n) is 20.3. The Morgan fingerprint density at radius 1 is 1.17 bits per heavy atom. The topological polar surface area (TPSA) is 115 Å². The Morgan fingerprint density at radius 2 is 1.89 bits per heavy atom. The molecule has 2 fully saturated rings. The molecule has 4 rings (SSSR count). The van der Waals surface area contributed by atoms with Gasteiger partial charge < -0.3 is 20.3 Å². The van der Waals surface area contributed by atoms with E-state index in [0.717, 1.165) is 60.4 Å². The summed E-state index contributed by atoms with van der Waals surface area (Å²) in [6.07, 6.45) is 4.31. The van der Waals surface area contributed by atoms with Crippen LogP contribution in [0.15, 0.2) is 18.2 Å². The SMILES string of the molecule is Cc1nc2cc(OC[C@H](O)CN3CCN(CC(=O)N[C@H](C(=O)O)C4CCCCC4)CC3)ccc2s1. The second-order valence-electron chi connectivity index (χ2n) is 9.69. The Hall–Kier alpha value is -2.27. The molecule has 0 spiro atoms. The van der Waals surface area contributed by atoms with Crippen molar-refractivity contribution in [2.45, 2.75) is 51.2 Å². The Bertz CT molecular complexity index is 1000. The lowest BCUT2D eigenvalue weighted by atomic mass is 9.84. The van der Waals surface area contributed by atoms with E-state index in [4.69, 9.17) is 4.74 Å². The van der Waals surface area contributed by atoms with Gasteiger partial charge in [-0.1, -0.05) is 19.3 Å². The van der Waals surface area contributed by atoms with Gasteiger partial charge in [0, 0.05) is 38.8 Å². The van der Waals surface area contributed by atoms with Crippen LogP contribution in [0.4, 0.5) is 0 Å². The number of carboxylic acid groups (broad SMARTS) is 1. The highest BCUT2D eigenvalue weighted by Gasteiger charge is 2.31. The van der Waals surface area contributed by atoms with E-state index in [2.05, 4.69) is 15.2 Å². The number of nitrogens with zero attached hydrogens (tertiary/aromatic N) is 3. The molecule has 192 valence electrons. The van der Waals surface area contributed by atoms with Crippen LogP contribution in [0.5, 0.6) is 5.75 Å². The summed E-state index contributed by atoms with van der Waals surface area (Å²) >= 11 is 1.64. The number of carboxylic acids is 1. The second-order valence-corrected chi connectivity index (χ2v) is 10.9. The van der Waals surface area contributed by atoms with Crippen LogP contribution >= 0.6 is 11.3 Å².